The van der Waals surface area contributed by atoms with Crippen LogP contribution in [0.2, 0.25) is 0 Å². The molecule has 0 atom stereocenters. The van der Waals surface area contributed by atoms with Gasteiger partial charge in [-0.15, -0.1) is 0 Å². The van der Waals surface area contributed by atoms with Crippen molar-refractivity contribution in [1.29, 1.82) is 0 Å². The summed E-state index contributed by atoms with van der Waals surface area (Å²) >= 11 is 0. The van der Waals surface area contributed by atoms with Gasteiger partial charge in [0, 0.05) is 12.6 Å². The molecule has 1 heteroatoms. The van der Waals surface area contributed by atoms with E-state index in [1.165, 1.54) is 24.0 Å². The van der Waals surface area contributed by atoms with Crippen LogP contribution >= 0.6 is 0 Å². The molecule has 0 radical (unpaired) electrons. The van der Waals surface area contributed by atoms with Crippen LogP contribution in [-0.4, -0.2) is 17.5 Å². The number of rotatable bonds is 3. The van der Waals surface area contributed by atoms with E-state index < -0.39 is 0 Å². The van der Waals surface area contributed by atoms with Gasteiger partial charge >= 0.3 is 0 Å². The summed E-state index contributed by atoms with van der Waals surface area (Å²) in [6.45, 7) is 1.12. The second-order valence-corrected chi connectivity index (χ2v) is 4.73. The van der Waals surface area contributed by atoms with Gasteiger partial charge in [0.1, 0.15) is 0 Å². The minimum Gasteiger partial charge on any atom is -0.370 e. The first kappa shape index (κ1) is 9.71. The summed E-state index contributed by atoms with van der Waals surface area (Å²) in [7, 11) is 0. The van der Waals surface area contributed by atoms with Crippen LogP contribution in [0, 0.1) is 0 Å². The molecule has 0 N–H and O–H groups in total. The van der Waals surface area contributed by atoms with Crippen molar-refractivity contribution in [2.75, 3.05) is 6.54 Å². The highest BCUT2D eigenvalue weighted by Crippen LogP contribution is 2.29. The molecule has 0 amide bonds. The highest BCUT2D eigenvalue weighted by Gasteiger charge is 2.27. The van der Waals surface area contributed by atoms with Crippen molar-refractivity contribution < 1.29 is 0 Å². The fraction of sp³-hybridized carbons (Fsp3) is 0.333. The molecule has 1 aromatic rings. The summed E-state index contributed by atoms with van der Waals surface area (Å²) in [5.74, 6) is 0. The van der Waals surface area contributed by atoms with Crippen molar-refractivity contribution in [3.63, 3.8) is 0 Å². The van der Waals surface area contributed by atoms with Crippen molar-refractivity contribution in [1.82, 2.24) is 4.90 Å². The van der Waals surface area contributed by atoms with E-state index in [9.17, 15) is 0 Å². The van der Waals surface area contributed by atoms with E-state index in [4.69, 9.17) is 0 Å². The van der Waals surface area contributed by atoms with Gasteiger partial charge in [-0.25, -0.2) is 0 Å². The molecule has 16 heavy (non-hydrogen) atoms. The SMILES string of the molecule is C1=CN(C2CC2)CC(Cc2ccccc2)=C1. The van der Waals surface area contributed by atoms with E-state index in [1.54, 1.807) is 0 Å². The van der Waals surface area contributed by atoms with E-state index in [2.05, 4.69) is 53.6 Å². The second kappa shape index (κ2) is 4.17. The Balaban J connectivity index is 1.67. The monoisotopic (exact) mass is 211 g/mol. The van der Waals surface area contributed by atoms with Crippen molar-refractivity contribution in [2.24, 2.45) is 0 Å². The van der Waals surface area contributed by atoms with Crippen molar-refractivity contribution in [2.45, 2.75) is 25.3 Å². The van der Waals surface area contributed by atoms with Crippen LogP contribution in [0.25, 0.3) is 0 Å². The third-order valence-electron chi connectivity index (χ3n) is 3.29. The quantitative estimate of drug-likeness (QED) is 0.742. The summed E-state index contributed by atoms with van der Waals surface area (Å²) in [5, 5.41) is 0. The number of hydrogen-bond donors (Lipinski definition) is 0. The summed E-state index contributed by atoms with van der Waals surface area (Å²) < 4.78 is 0. The Morgan fingerprint density at radius 1 is 1.12 bits per heavy atom. The molecule has 1 aliphatic carbocycles. The molecular weight excluding hydrogens is 194 g/mol. The van der Waals surface area contributed by atoms with Gasteiger partial charge < -0.3 is 4.90 Å². The van der Waals surface area contributed by atoms with Crippen molar-refractivity contribution >= 4 is 0 Å². The predicted octanol–water partition coefficient (Wildman–Crippen LogP) is 3.15. The standard InChI is InChI=1S/C15H17N/c1-2-5-13(6-3-1)11-14-7-4-10-16(12-14)15-8-9-15/h1-7,10,15H,8-9,11-12H2. The maximum absolute atomic E-state index is 2.48. The largest absolute Gasteiger partial charge is 0.370 e. The fourth-order valence-corrected chi connectivity index (χ4v) is 2.26. The van der Waals surface area contributed by atoms with E-state index in [-0.39, 0.29) is 0 Å². The zero-order valence-corrected chi connectivity index (χ0v) is 9.47. The summed E-state index contributed by atoms with van der Waals surface area (Å²) in [5.41, 5.74) is 2.94. The first-order valence-electron chi connectivity index (χ1n) is 6.08. The Labute approximate surface area is 97.1 Å². The molecule has 1 nitrogen and oxygen atoms in total. The Morgan fingerprint density at radius 2 is 1.94 bits per heavy atom. The topological polar surface area (TPSA) is 3.24 Å². The van der Waals surface area contributed by atoms with E-state index in [0.29, 0.717) is 0 Å². The number of hydrogen-bond acceptors (Lipinski definition) is 1. The Morgan fingerprint density at radius 3 is 2.69 bits per heavy atom. The van der Waals surface area contributed by atoms with Crippen molar-refractivity contribution in [3.8, 4) is 0 Å². The summed E-state index contributed by atoms with van der Waals surface area (Å²) in [6.07, 6.45) is 10.6. The molecule has 3 rings (SSSR count). The Bertz CT molecular complexity index is 412. The molecule has 0 aromatic heterocycles. The van der Waals surface area contributed by atoms with Gasteiger partial charge in [0.15, 0.2) is 0 Å². The molecule has 1 fully saturated rings. The van der Waals surface area contributed by atoms with Crippen LogP contribution in [0.5, 0.6) is 0 Å². The normalized spacial score (nSPS) is 19.8. The Hall–Kier alpha value is -1.50. The lowest BCUT2D eigenvalue weighted by Crippen LogP contribution is -2.24. The van der Waals surface area contributed by atoms with Crippen molar-refractivity contribution in [3.05, 3.63) is 59.8 Å². The third-order valence-corrected chi connectivity index (χ3v) is 3.29. The van der Waals surface area contributed by atoms with E-state index >= 15 is 0 Å². The number of allylic oxidation sites excluding steroid dienone is 2. The molecule has 0 saturated heterocycles. The van der Waals surface area contributed by atoms with Crippen LogP contribution in [0.3, 0.4) is 0 Å². The lowest BCUT2D eigenvalue weighted by molar-refractivity contribution is 0.389. The van der Waals surface area contributed by atoms with Gasteiger partial charge in [-0.1, -0.05) is 36.4 Å². The van der Waals surface area contributed by atoms with Crippen LogP contribution < -0.4 is 0 Å². The summed E-state index contributed by atoms with van der Waals surface area (Å²) in [6, 6.07) is 11.6. The maximum atomic E-state index is 2.48. The molecular formula is C15H17N. The second-order valence-electron chi connectivity index (χ2n) is 4.73. The lowest BCUT2D eigenvalue weighted by atomic mass is 10.0. The number of nitrogens with zero attached hydrogens (tertiary/aromatic N) is 1. The molecule has 82 valence electrons. The first-order chi connectivity index (χ1) is 7.92. The van der Waals surface area contributed by atoms with Gasteiger partial charge in [-0.2, -0.15) is 0 Å². The third kappa shape index (κ3) is 2.19. The van der Waals surface area contributed by atoms with Gasteiger partial charge in [0.25, 0.3) is 0 Å². The maximum Gasteiger partial charge on any atom is 0.0392 e. The van der Waals surface area contributed by atoms with Crippen LogP contribution in [-0.2, 0) is 6.42 Å². The average Bonchev–Trinajstić information content (AvgIpc) is 3.15. The molecule has 1 heterocycles. The average molecular weight is 211 g/mol. The zero-order valence-electron chi connectivity index (χ0n) is 9.47. The van der Waals surface area contributed by atoms with Crippen LogP contribution in [0.1, 0.15) is 18.4 Å². The van der Waals surface area contributed by atoms with E-state index in [0.717, 1.165) is 19.0 Å². The molecule has 1 saturated carbocycles. The molecule has 0 bridgehead atoms. The minimum atomic E-state index is 0.829. The molecule has 1 aromatic carbocycles. The highest BCUT2D eigenvalue weighted by molar-refractivity contribution is 5.27. The van der Waals surface area contributed by atoms with Gasteiger partial charge in [0.05, 0.1) is 0 Å². The van der Waals surface area contributed by atoms with Gasteiger partial charge in [-0.3, -0.25) is 0 Å². The lowest BCUT2D eigenvalue weighted by Gasteiger charge is -2.24. The first-order valence-corrected chi connectivity index (χ1v) is 6.08. The smallest absolute Gasteiger partial charge is 0.0392 e. The predicted molar refractivity (Wildman–Crippen MR) is 67.1 cm³/mol. The molecule has 0 spiro atoms. The van der Waals surface area contributed by atoms with Gasteiger partial charge in [0.2, 0.25) is 0 Å². The zero-order chi connectivity index (χ0) is 10.8. The van der Waals surface area contributed by atoms with Crippen LogP contribution in [0.15, 0.2) is 54.3 Å². The number of benzene rings is 1. The molecule has 0 unspecified atom stereocenters. The highest BCUT2D eigenvalue weighted by atomic mass is 15.2. The van der Waals surface area contributed by atoms with Gasteiger partial charge in [-0.05, 0) is 42.7 Å². The summed E-state index contributed by atoms with van der Waals surface area (Å²) in [4.78, 5) is 2.48. The molecule has 2 aliphatic rings. The Kier molecular flexibility index (Phi) is 2.53. The van der Waals surface area contributed by atoms with Crippen LogP contribution in [0.4, 0.5) is 0 Å². The minimum absolute atomic E-state index is 0.829. The van der Waals surface area contributed by atoms with E-state index in [1.807, 2.05) is 0 Å². The fourth-order valence-electron chi connectivity index (χ4n) is 2.26. The molecule has 1 aliphatic heterocycles.